The quantitative estimate of drug-likeness (QED) is 0.557. The maximum atomic E-state index is 12.3. The van der Waals surface area contributed by atoms with Crippen molar-refractivity contribution in [2.24, 2.45) is 5.92 Å². The Morgan fingerprint density at radius 1 is 1.17 bits per heavy atom. The molecule has 3 atom stereocenters. The highest BCUT2D eigenvalue weighted by Gasteiger charge is 2.50. The molecule has 0 amide bonds. The van der Waals surface area contributed by atoms with Crippen molar-refractivity contribution in [3.63, 3.8) is 0 Å². The van der Waals surface area contributed by atoms with Gasteiger partial charge in [-0.1, -0.05) is 6.08 Å². The Labute approximate surface area is 138 Å². The van der Waals surface area contributed by atoms with Crippen LogP contribution in [0.4, 0.5) is 0 Å². The third-order valence-electron chi connectivity index (χ3n) is 3.99. The van der Waals surface area contributed by atoms with Crippen molar-refractivity contribution < 1.29 is 28.6 Å². The molecule has 2 aliphatic heterocycles. The summed E-state index contributed by atoms with van der Waals surface area (Å²) in [4.78, 5) is 37.7. The van der Waals surface area contributed by atoms with Gasteiger partial charge in [-0.25, -0.2) is 9.59 Å². The third kappa shape index (κ3) is 3.08. The van der Waals surface area contributed by atoms with Crippen molar-refractivity contribution in [2.45, 2.75) is 24.3 Å². The van der Waals surface area contributed by atoms with Crippen LogP contribution >= 0.6 is 11.8 Å². The monoisotopic (exact) mass is 341 g/mol. The van der Waals surface area contributed by atoms with E-state index in [4.69, 9.17) is 14.2 Å². The summed E-state index contributed by atoms with van der Waals surface area (Å²) in [6, 6.07) is -0.911. The highest BCUT2D eigenvalue weighted by Crippen LogP contribution is 2.46. The number of methoxy groups -OCH3 is 3. The largest absolute Gasteiger partial charge is 0.468 e. The van der Waals surface area contributed by atoms with Gasteiger partial charge in [-0.05, 0) is 12.3 Å². The van der Waals surface area contributed by atoms with E-state index >= 15 is 0 Å². The van der Waals surface area contributed by atoms with Crippen molar-refractivity contribution >= 4 is 29.7 Å². The first-order valence-electron chi connectivity index (χ1n) is 6.95. The molecule has 0 saturated carbocycles. The lowest BCUT2D eigenvalue weighted by Gasteiger charge is -2.39. The average Bonchev–Trinajstić information content (AvgIpc) is 2.86. The minimum absolute atomic E-state index is 0.318. The van der Waals surface area contributed by atoms with Gasteiger partial charge in [-0.3, -0.25) is 4.79 Å². The number of thioether (sulfide) groups is 1. The van der Waals surface area contributed by atoms with E-state index < -0.39 is 34.7 Å². The average molecular weight is 341 g/mol. The second kappa shape index (κ2) is 6.66. The zero-order valence-corrected chi connectivity index (χ0v) is 14.2. The van der Waals surface area contributed by atoms with E-state index in [1.165, 1.54) is 39.2 Å². The van der Waals surface area contributed by atoms with E-state index in [0.717, 1.165) is 0 Å². The van der Waals surface area contributed by atoms with Gasteiger partial charge in [0, 0.05) is 18.2 Å². The molecule has 0 radical (unpaired) electrons. The Morgan fingerprint density at radius 3 is 2.39 bits per heavy atom. The minimum atomic E-state index is -0.966. The van der Waals surface area contributed by atoms with E-state index in [0.29, 0.717) is 12.0 Å². The highest BCUT2D eigenvalue weighted by atomic mass is 32.2. The highest BCUT2D eigenvalue weighted by molar-refractivity contribution is 8.03. The predicted molar refractivity (Wildman–Crippen MR) is 83.0 cm³/mol. The summed E-state index contributed by atoms with van der Waals surface area (Å²) < 4.78 is 14.5. The second-order valence-electron chi connectivity index (χ2n) is 5.36. The molecule has 0 bridgehead atoms. The van der Waals surface area contributed by atoms with Crippen LogP contribution in [0.25, 0.3) is 0 Å². The summed E-state index contributed by atoms with van der Waals surface area (Å²) in [6.45, 7) is 1.89. The van der Waals surface area contributed by atoms with Gasteiger partial charge in [-0.15, -0.1) is 11.8 Å². The summed E-state index contributed by atoms with van der Waals surface area (Å²) >= 11 is 1.46. The molecule has 0 aromatic rings. The molecule has 2 rings (SSSR count). The Bertz CT molecular complexity index is 587. The van der Waals surface area contributed by atoms with Gasteiger partial charge in [0.15, 0.2) is 0 Å². The van der Waals surface area contributed by atoms with Crippen LogP contribution in [-0.4, -0.2) is 55.1 Å². The molecule has 7 nitrogen and oxygen atoms in total. The summed E-state index contributed by atoms with van der Waals surface area (Å²) in [6.07, 6.45) is 3.51. The number of rotatable bonds is 3. The number of fused-ring (bicyclic) bond motifs is 1. The molecule has 8 heteroatoms. The van der Waals surface area contributed by atoms with Crippen molar-refractivity contribution in [1.29, 1.82) is 0 Å². The van der Waals surface area contributed by atoms with Crippen LogP contribution in [0.3, 0.4) is 0 Å². The molecule has 2 aliphatic rings. The van der Waals surface area contributed by atoms with E-state index in [9.17, 15) is 14.4 Å². The molecule has 0 spiro atoms. The number of esters is 3. The molecular weight excluding hydrogens is 322 g/mol. The number of ether oxygens (including phenoxy) is 3. The SMILES string of the molecule is COC(=O)C1=CC(C(=O)OC)C(C(=O)OC)N2C=CSC2(C)C1. The summed E-state index contributed by atoms with van der Waals surface area (Å²) in [5, 5.41) is 1.82. The molecule has 0 saturated heterocycles. The fourth-order valence-corrected chi connectivity index (χ4v) is 3.88. The number of nitrogens with zero attached hydrogens (tertiary/aromatic N) is 1. The fourth-order valence-electron chi connectivity index (χ4n) is 2.86. The molecule has 2 heterocycles. The molecule has 0 aromatic heterocycles. The van der Waals surface area contributed by atoms with Gasteiger partial charge in [0.05, 0.1) is 26.2 Å². The number of carbonyl (C=O) groups is 3. The van der Waals surface area contributed by atoms with Crippen LogP contribution in [0, 0.1) is 5.92 Å². The van der Waals surface area contributed by atoms with Gasteiger partial charge < -0.3 is 19.1 Å². The number of carbonyl (C=O) groups excluding carboxylic acids is 3. The summed E-state index contributed by atoms with van der Waals surface area (Å²) in [5.74, 6) is -2.68. The Hall–Kier alpha value is -1.96. The molecular formula is C15H19NO6S. The number of hydrogen-bond acceptors (Lipinski definition) is 8. The Morgan fingerprint density at radius 2 is 1.83 bits per heavy atom. The summed E-state index contributed by atoms with van der Waals surface area (Å²) in [5.41, 5.74) is 0.331. The van der Waals surface area contributed by atoms with E-state index in [-0.39, 0.29) is 0 Å². The van der Waals surface area contributed by atoms with E-state index in [2.05, 4.69) is 0 Å². The number of hydrogen-bond donors (Lipinski definition) is 0. The van der Waals surface area contributed by atoms with Crippen molar-refractivity contribution in [3.8, 4) is 0 Å². The van der Waals surface area contributed by atoms with Crippen molar-refractivity contribution in [3.05, 3.63) is 23.3 Å². The first kappa shape index (κ1) is 17.4. The molecule has 126 valence electrons. The summed E-state index contributed by atoms with van der Waals surface area (Å²) in [7, 11) is 3.77. The van der Waals surface area contributed by atoms with Crippen LogP contribution in [0.1, 0.15) is 13.3 Å². The van der Waals surface area contributed by atoms with Gasteiger partial charge in [0.25, 0.3) is 0 Å². The van der Waals surface area contributed by atoms with Gasteiger partial charge in [0.1, 0.15) is 12.0 Å². The zero-order chi connectivity index (χ0) is 17.2. The lowest BCUT2D eigenvalue weighted by Crippen LogP contribution is -2.52. The smallest absolute Gasteiger partial charge is 0.333 e. The molecule has 0 aromatic carbocycles. The van der Waals surface area contributed by atoms with Crippen LogP contribution < -0.4 is 0 Å². The minimum Gasteiger partial charge on any atom is -0.468 e. The van der Waals surface area contributed by atoms with Gasteiger partial charge >= 0.3 is 17.9 Å². The first-order valence-corrected chi connectivity index (χ1v) is 7.83. The van der Waals surface area contributed by atoms with Crippen LogP contribution in [-0.2, 0) is 28.6 Å². The maximum Gasteiger partial charge on any atom is 0.333 e. The second-order valence-corrected chi connectivity index (χ2v) is 6.75. The molecule has 0 aliphatic carbocycles. The first-order chi connectivity index (χ1) is 10.9. The topological polar surface area (TPSA) is 82.1 Å². The standard InChI is InChI=1S/C15H19NO6S/c1-15-8-9(12(17)20-2)7-10(13(18)21-3)11(14(19)22-4)16(15)5-6-23-15/h5-7,10-11H,8H2,1-4H3. The molecule has 3 unspecified atom stereocenters. The lowest BCUT2D eigenvalue weighted by molar-refractivity contribution is -0.156. The third-order valence-corrected chi connectivity index (χ3v) is 5.11. The van der Waals surface area contributed by atoms with Gasteiger partial charge in [-0.2, -0.15) is 0 Å². The molecule has 0 fully saturated rings. The van der Waals surface area contributed by atoms with Crippen LogP contribution in [0.2, 0.25) is 0 Å². The fraction of sp³-hybridized carbons (Fsp3) is 0.533. The van der Waals surface area contributed by atoms with Crippen LogP contribution in [0.5, 0.6) is 0 Å². The maximum absolute atomic E-state index is 12.3. The van der Waals surface area contributed by atoms with Crippen molar-refractivity contribution in [1.82, 2.24) is 4.90 Å². The van der Waals surface area contributed by atoms with Crippen LogP contribution in [0.15, 0.2) is 23.3 Å². The Balaban J connectivity index is 2.57. The van der Waals surface area contributed by atoms with E-state index in [1.807, 2.05) is 12.3 Å². The lowest BCUT2D eigenvalue weighted by atomic mass is 9.97. The zero-order valence-electron chi connectivity index (χ0n) is 13.4. The van der Waals surface area contributed by atoms with Crippen molar-refractivity contribution in [2.75, 3.05) is 21.3 Å². The van der Waals surface area contributed by atoms with Gasteiger partial charge in [0.2, 0.25) is 0 Å². The molecule has 0 N–H and O–H groups in total. The molecule has 23 heavy (non-hydrogen) atoms. The van der Waals surface area contributed by atoms with E-state index in [1.54, 1.807) is 11.1 Å². The normalized spacial score (nSPS) is 29.2. The predicted octanol–water partition coefficient (Wildman–Crippen LogP) is 1.06. The Kier molecular flexibility index (Phi) is 5.03.